The number of nitrogens with zero attached hydrogens (tertiary/aromatic N) is 4. The standard InChI is InChI=1S/C22H30N6O3/c1-14(2)12-28-13-15(11-23-28)16-5-6-17(31-4)19-18(16)24-20(25-19)26-21(29)27-9-7-22(3,30)8-10-27/h5-6,11,13-14,30H,7-10,12H2,1-4H3,(H2,24,25,26,29). The number of hydrogen-bond acceptors (Lipinski definition) is 5. The van der Waals surface area contributed by atoms with Gasteiger partial charge in [0.2, 0.25) is 5.95 Å². The summed E-state index contributed by atoms with van der Waals surface area (Å²) in [7, 11) is 1.60. The molecule has 31 heavy (non-hydrogen) atoms. The Labute approximate surface area is 181 Å². The molecular weight excluding hydrogens is 396 g/mol. The highest BCUT2D eigenvalue weighted by molar-refractivity contribution is 5.98. The number of carbonyl (C=O) groups excluding carboxylic acids is 1. The number of H-pyrrole nitrogens is 1. The van der Waals surface area contributed by atoms with Gasteiger partial charge in [0.1, 0.15) is 16.8 Å². The number of rotatable bonds is 5. The Morgan fingerprint density at radius 3 is 2.77 bits per heavy atom. The quantitative estimate of drug-likeness (QED) is 0.579. The number of amides is 2. The van der Waals surface area contributed by atoms with Crippen molar-refractivity contribution in [2.24, 2.45) is 5.92 Å². The summed E-state index contributed by atoms with van der Waals surface area (Å²) in [4.78, 5) is 22.2. The van der Waals surface area contributed by atoms with E-state index in [1.54, 1.807) is 18.9 Å². The van der Waals surface area contributed by atoms with Crippen molar-refractivity contribution in [1.82, 2.24) is 24.6 Å². The number of fused-ring (bicyclic) bond motifs is 1. The first-order valence-corrected chi connectivity index (χ1v) is 10.6. The Kier molecular flexibility index (Phi) is 5.62. The lowest BCUT2D eigenvalue weighted by molar-refractivity contribution is 0.00569. The number of nitrogens with one attached hydrogen (secondary N) is 2. The van der Waals surface area contributed by atoms with E-state index in [1.165, 1.54) is 0 Å². The van der Waals surface area contributed by atoms with Crippen molar-refractivity contribution in [3.8, 4) is 16.9 Å². The maximum atomic E-state index is 12.7. The van der Waals surface area contributed by atoms with E-state index in [9.17, 15) is 9.90 Å². The normalized spacial score (nSPS) is 16.1. The number of urea groups is 1. The predicted molar refractivity (Wildman–Crippen MR) is 119 cm³/mol. The highest BCUT2D eigenvalue weighted by atomic mass is 16.5. The van der Waals surface area contributed by atoms with Crippen LogP contribution in [-0.2, 0) is 6.54 Å². The largest absolute Gasteiger partial charge is 0.494 e. The van der Waals surface area contributed by atoms with Gasteiger partial charge in [-0.2, -0.15) is 5.10 Å². The number of aromatic amines is 1. The maximum Gasteiger partial charge on any atom is 0.324 e. The molecule has 166 valence electrons. The Bertz CT molecular complexity index is 1070. The number of aliphatic hydroxyl groups is 1. The molecule has 0 saturated carbocycles. The molecule has 0 bridgehead atoms. The summed E-state index contributed by atoms with van der Waals surface area (Å²) >= 11 is 0. The Balaban J connectivity index is 1.61. The second kappa shape index (κ2) is 8.22. The lowest BCUT2D eigenvalue weighted by Crippen LogP contribution is -2.46. The second-order valence-electron chi connectivity index (χ2n) is 8.88. The zero-order valence-electron chi connectivity index (χ0n) is 18.5. The van der Waals surface area contributed by atoms with Gasteiger partial charge in [0, 0.05) is 37.0 Å². The molecule has 0 aliphatic carbocycles. The molecule has 1 aliphatic heterocycles. The highest BCUT2D eigenvalue weighted by Gasteiger charge is 2.30. The number of aromatic nitrogens is 4. The molecule has 1 saturated heterocycles. The number of hydrogen-bond donors (Lipinski definition) is 3. The molecule has 1 aliphatic rings. The van der Waals surface area contributed by atoms with Gasteiger partial charge in [0.15, 0.2) is 0 Å². The second-order valence-corrected chi connectivity index (χ2v) is 8.88. The van der Waals surface area contributed by atoms with Crippen LogP contribution in [0, 0.1) is 5.92 Å². The number of benzene rings is 1. The van der Waals surface area contributed by atoms with Crippen LogP contribution < -0.4 is 10.1 Å². The topological polar surface area (TPSA) is 108 Å². The molecule has 0 radical (unpaired) electrons. The smallest absolute Gasteiger partial charge is 0.324 e. The Morgan fingerprint density at radius 2 is 2.10 bits per heavy atom. The lowest BCUT2D eigenvalue weighted by Gasteiger charge is -2.35. The fourth-order valence-electron chi connectivity index (χ4n) is 3.88. The lowest BCUT2D eigenvalue weighted by atomic mass is 9.94. The molecule has 0 spiro atoms. The molecule has 0 atom stereocenters. The van der Waals surface area contributed by atoms with Crippen LogP contribution in [0.2, 0.25) is 0 Å². The molecule has 3 heterocycles. The van der Waals surface area contributed by atoms with E-state index >= 15 is 0 Å². The fourth-order valence-corrected chi connectivity index (χ4v) is 3.88. The third-order valence-electron chi connectivity index (χ3n) is 5.68. The monoisotopic (exact) mass is 426 g/mol. The van der Waals surface area contributed by atoms with E-state index in [2.05, 4.69) is 34.2 Å². The van der Waals surface area contributed by atoms with Gasteiger partial charge in [-0.1, -0.05) is 13.8 Å². The van der Waals surface area contributed by atoms with Crippen molar-refractivity contribution in [2.45, 2.75) is 45.8 Å². The Morgan fingerprint density at radius 1 is 1.35 bits per heavy atom. The minimum absolute atomic E-state index is 0.236. The maximum absolute atomic E-state index is 12.7. The number of methoxy groups -OCH3 is 1. The number of ether oxygens (including phenoxy) is 1. The van der Waals surface area contributed by atoms with E-state index in [4.69, 9.17) is 4.74 Å². The van der Waals surface area contributed by atoms with Crippen LogP contribution in [-0.4, -0.2) is 61.6 Å². The SMILES string of the molecule is COc1ccc(-c2cnn(CC(C)C)c2)c2nc(NC(=O)N3CCC(C)(O)CC3)[nH]c12. The summed E-state index contributed by atoms with van der Waals surface area (Å²) in [6.07, 6.45) is 4.95. The summed E-state index contributed by atoms with van der Waals surface area (Å²) in [5.74, 6) is 1.50. The van der Waals surface area contributed by atoms with Crippen molar-refractivity contribution >= 4 is 23.0 Å². The van der Waals surface area contributed by atoms with Crippen molar-refractivity contribution in [3.63, 3.8) is 0 Å². The fraction of sp³-hybridized carbons (Fsp3) is 0.500. The number of piperidine rings is 1. The molecule has 3 N–H and O–H groups in total. The van der Waals surface area contributed by atoms with Crippen molar-refractivity contribution in [1.29, 1.82) is 0 Å². The van der Waals surface area contributed by atoms with E-state index in [1.807, 2.05) is 29.2 Å². The zero-order chi connectivity index (χ0) is 22.2. The van der Waals surface area contributed by atoms with E-state index < -0.39 is 5.60 Å². The minimum Gasteiger partial charge on any atom is -0.494 e. The molecule has 1 aromatic carbocycles. The van der Waals surface area contributed by atoms with Crippen LogP contribution in [0.4, 0.5) is 10.7 Å². The average Bonchev–Trinajstić information content (AvgIpc) is 3.33. The van der Waals surface area contributed by atoms with Gasteiger partial charge in [-0.05, 0) is 37.8 Å². The van der Waals surface area contributed by atoms with Gasteiger partial charge in [-0.25, -0.2) is 9.78 Å². The zero-order valence-corrected chi connectivity index (χ0v) is 18.5. The third-order valence-corrected chi connectivity index (χ3v) is 5.68. The first-order valence-electron chi connectivity index (χ1n) is 10.6. The number of imidazole rings is 1. The summed E-state index contributed by atoms with van der Waals surface area (Å²) in [6.45, 7) is 7.95. The van der Waals surface area contributed by atoms with Crippen LogP contribution in [0.15, 0.2) is 24.5 Å². The molecule has 3 aromatic rings. The van der Waals surface area contributed by atoms with Crippen LogP contribution in [0.3, 0.4) is 0 Å². The van der Waals surface area contributed by atoms with Gasteiger partial charge in [0.05, 0.1) is 18.9 Å². The third kappa shape index (κ3) is 4.51. The van der Waals surface area contributed by atoms with Crippen LogP contribution >= 0.6 is 0 Å². The van der Waals surface area contributed by atoms with Gasteiger partial charge in [0.25, 0.3) is 0 Å². The molecular formula is C22H30N6O3. The molecule has 4 rings (SSSR count). The summed E-state index contributed by atoms with van der Waals surface area (Å²) < 4.78 is 7.42. The molecule has 1 fully saturated rings. The van der Waals surface area contributed by atoms with Gasteiger partial charge in [-0.15, -0.1) is 0 Å². The predicted octanol–water partition coefficient (Wildman–Crippen LogP) is 3.47. The summed E-state index contributed by atoms with van der Waals surface area (Å²) in [6, 6.07) is 3.60. The van der Waals surface area contributed by atoms with Crippen LogP contribution in [0.25, 0.3) is 22.2 Å². The molecule has 9 nitrogen and oxygen atoms in total. The number of anilines is 1. The van der Waals surface area contributed by atoms with Gasteiger partial charge >= 0.3 is 6.03 Å². The Hall–Kier alpha value is -3.07. The number of carbonyl (C=O) groups is 1. The molecule has 0 unspecified atom stereocenters. The van der Waals surface area contributed by atoms with Crippen molar-refractivity contribution in [3.05, 3.63) is 24.5 Å². The molecule has 2 aromatic heterocycles. The minimum atomic E-state index is -0.710. The van der Waals surface area contributed by atoms with Crippen molar-refractivity contribution < 1.29 is 14.6 Å². The molecule has 2 amide bonds. The van der Waals surface area contributed by atoms with Gasteiger partial charge in [-0.3, -0.25) is 10.00 Å². The van der Waals surface area contributed by atoms with E-state index in [0.29, 0.717) is 54.6 Å². The van der Waals surface area contributed by atoms with E-state index in [-0.39, 0.29) is 6.03 Å². The van der Waals surface area contributed by atoms with Crippen LogP contribution in [0.5, 0.6) is 5.75 Å². The van der Waals surface area contributed by atoms with Gasteiger partial charge < -0.3 is 19.7 Å². The van der Waals surface area contributed by atoms with E-state index in [0.717, 1.165) is 17.7 Å². The first kappa shape index (κ1) is 21.2. The summed E-state index contributed by atoms with van der Waals surface area (Å²) in [5.41, 5.74) is 2.58. The molecule has 9 heteroatoms. The summed E-state index contributed by atoms with van der Waals surface area (Å²) in [5, 5.41) is 17.4. The first-order chi connectivity index (χ1) is 14.8. The van der Waals surface area contributed by atoms with Crippen LogP contribution in [0.1, 0.15) is 33.6 Å². The van der Waals surface area contributed by atoms with Crippen molar-refractivity contribution in [2.75, 3.05) is 25.5 Å². The average molecular weight is 427 g/mol. The highest BCUT2D eigenvalue weighted by Crippen LogP contribution is 2.34. The number of likely N-dealkylation sites (tertiary alicyclic amines) is 1.